The number of piperidine rings is 1. The first-order chi connectivity index (χ1) is 10.3. The Labute approximate surface area is 122 Å². The summed E-state index contributed by atoms with van der Waals surface area (Å²) < 4.78 is 1.56. The van der Waals surface area contributed by atoms with Gasteiger partial charge in [0, 0.05) is 18.7 Å². The number of tetrazole rings is 1. The second-order valence-corrected chi connectivity index (χ2v) is 5.27. The van der Waals surface area contributed by atoms with E-state index in [9.17, 15) is 4.79 Å². The van der Waals surface area contributed by atoms with E-state index >= 15 is 0 Å². The molecule has 1 aliphatic rings. The number of nitrogens with zero attached hydrogens (tertiary/aromatic N) is 5. The van der Waals surface area contributed by atoms with Crippen molar-refractivity contribution in [3.8, 4) is 5.69 Å². The van der Waals surface area contributed by atoms with E-state index in [4.69, 9.17) is 5.73 Å². The molecule has 2 heterocycles. The molecular formula is C14H18N6O. The normalized spacial score (nSPS) is 16.1. The molecule has 2 aromatic rings. The third-order valence-electron chi connectivity index (χ3n) is 3.96. The van der Waals surface area contributed by atoms with Crippen LogP contribution in [0.1, 0.15) is 23.2 Å². The molecule has 0 atom stereocenters. The number of rotatable bonds is 3. The molecule has 1 amide bonds. The van der Waals surface area contributed by atoms with Crippen molar-refractivity contribution in [2.75, 3.05) is 19.6 Å². The molecule has 0 bridgehead atoms. The van der Waals surface area contributed by atoms with Crippen molar-refractivity contribution < 1.29 is 4.79 Å². The summed E-state index contributed by atoms with van der Waals surface area (Å²) in [6, 6.07) is 7.31. The number of carbonyl (C=O) groups is 1. The fourth-order valence-corrected chi connectivity index (χ4v) is 2.59. The summed E-state index contributed by atoms with van der Waals surface area (Å²) in [5, 5.41) is 11.0. The van der Waals surface area contributed by atoms with Crippen LogP contribution in [-0.4, -0.2) is 50.6 Å². The van der Waals surface area contributed by atoms with E-state index in [0.717, 1.165) is 31.6 Å². The third kappa shape index (κ3) is 2.92. The number of benzene rings is 1. The molecule has 7 nitrogen and oxygen atoms in total. The average molecular weight is 286 g/mol. The molecule has 1 aromatic carbocycles. The molecule has 1 saturated heterocycles. The van der Waals surface area contributed by atoms with Crippen LogP contribution in [0.4, 0.5) is 0 Å². The second kappa shape index (κ2) is 6.01. The standard InChI is InChI=1S/C14H18N6O/c15-9-11-5-7-19(8-6-11)14(21)12-1-3-13(4-2-12)20-10-16-17-18-20/h1-4,10-11H,5-9,15H2. The Morgan fingerprint density at radius 1 is 1.24 bits per heavy atom. The molecule has 0 saturated carbocycles. The minimum Gasteiger partial charge on any atom is -0.339 e. The van der Waals surface area contributed by atoms with Crippen LogP contribution >= 0.6 is 0 Å². The molecule has 0 unspecified atom stereocenters. The van der Waals surface area contributed by atoms with Crippen LogP contribution < -0.4 is 5.73 Å². The first-order valence-electron chi connectivity index (χ1n) is 7.10. The molecule has 21 heavy (non-hydrogen) atoms. The lowest BCUT2D eigenvalue weighted by molar-refractivity contribution is 0.0693. The van der Waals surface area contributed by atoms with Gasteiger partial charge < -0.3 is 10.6 Å². The summed E-state index contributed by atoms with van der Waals surface area (Å²) in [7, 11) is 0. The van der Waals surface area contributed by atoms with Crippen molar-refractivity contribution in [3.05, 3.63) is 36.2 Å². The maximum atomic E-state index is 12.4. The van der Waals surface area contributed by atoms with Crippen molar-refractivity contribution in [3.63, 3.8) is 0 Å². The Morgan fingerprint density at radius 3 is 2.52 bits per heavy atom. The fourth-order valence-electron chi connectivity index (χ4n) is 2.59. The van der Waals surface area contributed by atoms with Gasteiger partial charge in [-0.05, 0) is 60.0 Å². The maximum Gasteiger partial charge on any atom is 0.253 e. The fraction of sp³-hybridized carbons (Fsp3) is 0.429. The van der Waals surface area contributed by atoms with Crippen molar-refractivity contribution >= 4 is 5.91 Å². The molecule has 2 N–H and O–H groups in total. The van der Waals surface area contributed by atoms with E-state index in [2.05, 4.69) is 15.5 Å². The van der Waals surface area contributed by atoms with E-state index < -0.39 is 0 Å². The molecule has 1 fully saturated rings. The zero-order valence-corrected chi connectivity index (χ0v) is 11.7. The number of hydrogen-bond donors (Lipinski definition) is 1. The van der Waals surface area contributed by atoms with Gasteiger partial charge in [-0.2, -0.15) is 0 Å². The summed E-state index contributed by atoms with van der Waals surface area (Å²) in [4.78, 5) is 14.3. The molecule has 7 heteroatoms. The Hall–Kier alpha value is -2.28. The molecule has 1 aliphatic heterocycles. The van der Waals surface area contributed by atoms with E-state index in [0.29, 0.717) is 18.0 Å². The SMILES string of the molecule is NCC1CCN(C(=O)c2ccc(-n3cnnn3)cc2)CC1. The predicted molar refractivity (Wildman–Crippen MR) is 76.8 cm³/mol. The van der Waals surface area contributed by atoms with Gasteiger partial charge in [0.25, 0.3) is 5.91 Å². The quantitative estimate of drug-likeness (QED) is 0.886. The van der Waals surface area contributed by atoms with Crippen LogP contribution in [0.5, 0.6) is 0 Å². The van der Waals surface area contributed by atoms with E-state index in [1.165, 1.54) is 6.33 Å². The van der Waals surface area contributed by atoms with Gasteiger partial charge in [0.05, 0.1) is 5.69 Å². The van der Waals surface area contributed by atoms with Crippen molar-refractivity contribution in [1.82, 2.24) is 25.1 Å². The highest BCUT2D eigenvalue weighted by Crippen LogP contribution is 2.18. The summed E-state index contributed by atoms with van der Waals surface area (Å²) >= 11 is 0. The van der Waals surface area contributed by atoms with Crippen molar-refractivity contribution in [2.24, 2.45) is 11.7 Å². The highest BCUT2D eigenvalue weighted by Gasteiger charge is 2.22. The zero-order chi connectivity index (χ0) is 14.7. The van der Waals surface area contributed by atoms with Crippen LogP contribution in [0, 0.1) is 5.92 Å². The smallest absolute Gasteiger partial charge is 0.253 e. The summed E-state index contributed by atoms with van der Waals surface area (Å²) in [6.07, 6.45) is 3.50. The van der Waals surface area contributed by atoms with Gasteiger partial charge >= 0.3 is 0 Å². The molecule has 110 valence electrons. The highest BCUT2D eigenvalue weighted by atomic mass is 16.2. The summed E-state index contributed by atoms with van der Waals surface area (Å²) in [5.41, 5.74) is 7.20. The van der Waals surface area contributed by atoms with E-state index in [-0.39, 0.29) is 5.91 Å². The molecule has 0 aliphatic carbocycles. The Morgan fingerprint density at radius 2 is 1.95 bits per heavy atom. The van der Waals surface area contributed by atoms with E-state index in [1.54, 1.807) is 4.68 Å². The number of hydrogen-bond acceptors (Lipinski definition) is 5. The van der Waals surface area contributed by atoms with Crippen LogP contribution in [0.2, 0.25) is 0 Å². The zero-order valence-electron chi connectivity index (χ0n) is 11.7. The topological polar surface area (TPSA) is 89.9 Å². The number of amides is 1. The monoisotopic (exact) mass is 286 g/mol. The molecule has 1 aromatic heterocycles. The largest absolute Gasteiger partial charge is 0.339 e. The van der Waals surface area contributed by atoms with Crippen LogP contribution in [-0.2, 0) is 0 Å². The Balaban J connectivity index is 1.68. The second-order valence-electron chi connectivity index (χ2n) is 5.27. The van der Waals surface area contributed by atoms with Crippen LogP contribution in [0.25, 0.3) is 5.69 Å². The molecular weight excluding hydrogens is 268 g/mol. The number of aromatic nitrogens is 4. The average Bonchev–Trinajstić information content (AvgIpc) is 3.09. The van der Waals surface area contributed by atoms with Crippen LogP contribution in [0.15, 0.2) is 30.6 Å². The van der Waals surface area contributed by atoms with Gasteiger partial charge in [-0.1, -0.05) is 0 Å². The lowest BCUT2D eigenvalue weighted by Crippen LogP contribution is -2.40. The molecule has 3 rings (SSSR count). The van der Waals surface area contributed by atoms with Crippen LogP contribution in [0.3, 0.4) is 0 Å². The number of likely N-dealkylation sites (tertiary alicyclic amines) is 1. The van der Waals surface area contributed by atoms with Gasteiger partial charge in [0.1, 0.15) is 6.33 Å². The van der Waals surface area contributed by atoms with Gasteiger partial charge in [0.2, 0.25) is 0 Å². The van der Waals surface area contributed by atoms with Crippen molar-refractivity contribution in [2.45, 2.75) is 12.8 Å². The number of carbonyl (C=O) groups excluding carboxylic acids is 1. The van der Waals surface area contributed by atoms with Gasteiger partial charge in [-0.25, -0.2) is 4.68 Å². The number of nitrogens with two attached hydrogens (primary N) is 1. The Kier molecular flexibility index (Phi) is 3.92. The van der Waals surface area contributed by atoms with Crippen molar-refractivity contribution in [1.29, 1.82) is 0 Å². The van der Waals surface area contributed by atoms with Gasteiger partial charge in [-0.15, -0.1) is 5.10 Å². The molecule has 0 spiro atoms. The molecule has 0 radical (unpaired) electrons. The first kappa shape index (κ1) is 13.7. The predicted octanol–water partition coefficient (Wildman–Crippen LogP) is 0.473. The van der Waals surface area contributed by atoms with Gasteiger partial charge in [0.15, 0.2) is 0 Å². The summed E-state index contributed by atoms with van der Waals surface area (Å²) in [5.74, 6) is 0.630. The lowest BCUT2D eigenvalue weighted by atomic mass is 9.96. The minimum atomic E-state index is 0.0775. The first-order valence-corrected chi connectivity index (χ1v) is 7.10. The highest BCUT2D eigenvalue weighted by molar-refractivity contribution is 5.94. The Bertz CT molecular complexity index is 586. The lowest BCUT2D eigenvalue weighted by Gasteiger charge is -2.31. The van der Waals surface area contributed by atoms with Gasteiger partial charge in [-0.3, -0.25) is 4.79 Å². The van der Waals surface area contributed by atoms with E-state index in [1.807, 2.05) is 29.2 Å². The third-order valence-corrected chi connectivity index (χ3v) is 3.96. The maximum absolute atomic E-state index is 12.4. The minimum absolute atomic E-state index is 0.0775. The summed E-state index contributed by atoms with van der Waals surface area (Å²) in [6.45, 7) is 2.29.